The van der Waals surface area contributed by atoms with Crippen LogP contribution in [0.15, 0.2) is 52.0 Å². The molecule has 7 nitrogen and oxygen atoms in total. The number of rotatable bonds is 6. The molecule has 0 saturated heterocycles. The van der Waals surface area contributed by atoms with Crippen molar-refractivity contribution in [2.75, 3.05) is 6.54 Å². The van der Waals surface area contributed by atoms with Gasteiger partial charge >= 0.3 is 11.8 Å². The molecule has 1 fully saturated rings. The maximum Gasteiger partial charge on any atom is 0.309 e. The molecule has 28 heavy (non-hydrogen) atoms. The predicted molar refractivity (Wildman–Crippen MR) is 103 cm³/mol. The third-order valence-corrected chi connectivity index (χ3v) is 7.01. The Morgan fingerprint density at radius 3 is 2.39 bits per heavy atom. The number of nitrogens with one attached hydrogen (secondary N) is 2. The van der Waals surface area contributed by atoms with Crippen LogP contribution in [-0.4, -0.2) is 32.8 Å². The van der Waals surface area contributed by atoms with Gasteiger partial charge in [-0.3, -0.25) is 9.59 Å². The van der Waals surface area contributed by atoms with E-state index < -0.39 is 26.9 Å². The monoisotopic (exact) mass is 404 g/mol. The minimum Gasteiger partial charge on any atom is -0.468 e. The van der Waals surface area contributed by atoms with E-state index >= 15 is 0 Å². The van der Waals surface area contributed by atoms with Crippen molar-refractivity contribution in [3.63, 3.8) is 0 Å². The number of hydrogen-bond acceptors (Lipinski definition) is 5. The predicted octanol–water partition coefficient (Wildman–Crippen LogP) is 2.28. The number of benzene rings is 1. The molecule has 1 aliphatic carbocycles. The van der Waals surface area contributed by atoms with Gasteiger partial charge in [0.25, 0.3) is 0 Å². The molecule has 0 spiro atoms. The molecule has 1 aliphatic rings. The number of amides is 2. The van der Waals surface area contributed by atoms with E-state index in [9.17, 15) is 18.0 Å². The zero-order valence-electron chi connectivity index (χ0n) is 15.7. The first-order valence-corrected chi connectivity index (χ1v) is 10.8. The third-order valence-electron chi connectivity index (χ3n) is 4.93. The van der Waals surface area contributed by atoms with Gasteiger partial charge in [0.05, 0.1) is 11.2 Å². The average Bonchev–Trinajstić information content (AvgIpc) is 3.36. The summed E-state index contributed by atoms with van der Waals surface area (Å²) in [4.78, 5) is 24.4. The lowest BCUT2D eigenvalue weighted by atomic mass is 10.2. The van der Waals surface area contributed by atoms with Crippen LogP contribution in [0.2, 0.25) is 0 Å². The number of sulfone groups is 1. The molecule has 3 rings (SSSR count). The highest BCUT2D eigenvalue weighted by atomic mass is 32.2. The standard InChI is InChI=1S/C20H24N2O5S/c1-14-8-10-16(11-9-14)28(25,26)18(17-7-4-12-27-17)13-21-19(23)20(24)22-15-5-2-3-6-15/h4,7-12,15,18H,2-3,5-6,13H2,1H3,(H,21,23)(H,22,24). The van der Waals surface area contributed by atoms with E-state index in [1.54, 1.807) is 24.3 Å². The second-order valence-electron chi connectivity index (χ2n) is 7.03. The topological polar surface area (TPSA) is 105 Å². The minimum absolute atomic E-state index is 0.00964. The molecule has 1 aromatic heterocycles. The van der Waals surface area contributed by atoms with Crippen molar-refractivity contribution >= 4 is 21.7 Å². The molecule has 1 aromatic carbocycles. The summed E-state index contributed by atoms with van der Waals surface area (Å²) < 4.78 is 31.5. The van der Waals surface area contributed by atoms with E-state index in [1.165, 1.54) is 18.4 Å². The minimum atomic E-state index is -3.82. The number of furan rings is 1. The van der Waals surface area contributed by atoms with Gasteiger partial charge in [0.1, 0.15) is 11.0 Å². The van der Waals surface area contributed by atoms with Crippen molar-refractivity contribution in [2.24, 2.45) is 0 Å². The molecule has 0 aliphatic heterocycles. The van der Waals surface area contributed by atoms with Crippen LogP contribution >= 0.6 is 0 Å². The van der Waals surface area contributed by atoms with Crippen molar-refractivity contribution in [1.29, 1.82) is 0 Å². The van der Waals surface area contributed by atoms with E-state index in [0.717, 1.165) is 31.2 Å². The summed E-state index contributed by atoms with van der Waals surface area (Å²) in [6, 6.07) is 9.60. The van der Waals surface area contributed by atoms with Gasteiger partial charge < -0.3 is 15.1 Å². The molecule has 1 heterocycles. The lowest BCUT2D eigenvalue weighted by Crippen LogP contribution is -2.45. The van der Waals surface area contributed by atoms with Crippen LogP contribution in [0.3, 0.4) is 0 Å². The highest BCUT2D eigenvalue weighted by molar-refractivity contribution is 7.91. The highest BCUT2D eigenvalue weighted by Crippen LogP contribution is 2.29. The second kappa shape index (κ2) is 8.60. The van der Waals surface area contributed by atoms with E-state index in [-0.39, 0.29) is 23.2 Å². The van der Waals surface area contributed by atoms with Crippen LogP contribution in [0.4, 0.5) is 0 Å². The van der Waals surface area contributed by atoms with E-state index in [0.29, 0.717) is 0 Å². The summed E-state index contributed by atoms with van der Waals surface area (Å²) in [5, 5.41) is 4.00. The molecular formula is C20H24N2O5S. The Morgan fingerprint density at radius 1 is 1.11 bits per heavy atom. The van der Waals surface area contributed by atoms with Crippen LogP contribution in [0, 0.1) is 6.92 Å². The Bertz CT molecular complexity index is 914. The van der Waals surface area contributed by atoms with Crippen molar-refractivity contribution in [2.45, 2.75) is 48.8 Å². The molecule has 150 valence electrons. The van der Waals surface area contributed by atoms with Gasteiger partial charge in [-0.2, -0.15) is 0 Å². The molecular weight excluding hydrogens is 380 g/mol. The molecule has 1 unspecified atom stereocenters. The SMILES string of the molecule is Cc1ccc(S(=O)(=O)C(CNC(=O)C(=O)NC2CCCC2)c2ccco2)cc1. The first-order valence-electron chi connectivity index (χ1n) is 9.30. The fourth-order valence-corrected chi connectivity index (χ4v) is 4.90. The van der Waals surface area contributed by atoms with Gasteiger partial charge in [0, 0.05) is 12.6 Å². The van der Waals surface area contributed by atoms with Gasteiger partial charge in [-0.25, -0.2) is 8.42 Å². The summed E-state index contributed by atoms with van der Waals surface area (Å²) in [5.74, 6) is -1.38. The van der Waals surface area contributed by atoms with Crippen LogP contribution < -0.4 is 10.6 Å². The Hall–Kier alpha value is -2.61. The molecule has 1 saturated carbocycles. The van der Waals surface area contributed by atoms with E-state index in [1.807, 2.05) is 6.92 Å². The fraction of sp³-hybridized carbons (Fsp3) is 0.400. The molecule has 8 heteroatoms. The maximum atomic E-state index is 13.1. The van der Waals surface area contributed by atoms with Crippen molar-refractivity contribution < 1.29 is 22.4 Å². The Labute approximate surface area is 164 Å². The van der Waals surface area contributed by atoms with Crippen LogP contribution in [0.25, 0.3) is 0 Å². The molecule has 2 amide bonds. The van der Waals surface area contributed by atoms with Crippen molar-refractivity contribution in [1.82, 2.24) is 10.6 Å². The average molecular weight is 404 g/mol. The lowest BCUT2D eigenvalue weighted by molar-refractivity contribution is -0.139. The van der Waals surface area contributed by atoms with Gasteiger partial charge in [-0.05, 0) is 44.0 Å². The number of carbonyl (C=O) groups excluding carboxylic acids is 2. The first kappa shape index (κ1) is 20.1. The highest BCUT2D eigenvalue weighted by Gasteiger charge is 2.32. The van der Waals surface area contributed by atoms with Gasteiger partial charge in [-0.15, -0.1) is 0 Å². The van der Waals surface area contributed by atoms with Crippen LogP contribution in [0.5, 0.6) is 0 Å². The molecule has 2 N–H and O–H groups in total. The fourth-order valence-electron chi connectivity index (χ4n) is 3.32. The quantitative estimate of drug-likeness (QED) is 0.719. The van der Waals surface area contributed by atoms with Crippen LogP contribution in [0.1, 0.15) is 42.3 Å². The Kier molecular flexibility index (Phi) is 6.18. The van der Waals surface area contributed by atoms with Crippen molar-refractivity contribution in [3.8, 4) is 0 Å². The normalized spacial score (nSPS) is 15.9. The van der Waals surface area contributed by atoms with Gasteiger partial charge in [-0.1, -0.05) is 30.5 Å². The Balaban J connectivity index is 1.73. The van der Waals surface area contributed by atoms with E-state index in [4.69, 9.17) is 4.42 Å². The zero-order chi connectivity index (χ0) is 20.1. The largest absolute Gasteiger partial charge is 0.468 e. The number of carbonyl (C=O) groups is 2. The van der Waals surface area contributed by atoms with Crippen LogP contribution in [-0.2, 0) is 19.4 Å². The lowest BCUT2D eigenvalue weighted by Gasteiger charge is -2.17. The molecule has 1 atom stereocenters. The molecule has 0 radical (unpaired) electrons. The van der Waals surface area contributed by atoms with Crippen molar-refractivity contribution in [3.05, 3.63) is 54.0 Å². The van der Waals surface area contributed by atoms with E-state index in [2.05, 4.69) is 10.6 Å². The summed E-state index contributed by atoms with van der Waals surface area (Å²) in [6.45, 7) is 1.60. The zero-order valence-corrected chi connectivity index (χ0v) is 16.5. The summed E-state index contributed by atoms with van der Waals surface area (Å²) in [5.41, 5.74) is 0.936. The summed E-state index contributed by atoms with van der Waals surface area (Å²) in [7, 11) is -3.82. The molecule has 0 bridgehead atoms. The number of hydrogen-bond donors (Lipinski definition) is 2. The smallest absolute Gasteiger partial charge is 0.309 e. The maximum absolute atomic E-state index is 13.1. The van der Waals surface area contributed by atoms with Gasteiger partial charge in [0.15, 0.2) is 9.84 Å². The summed E-state index contributed by atoms with van der Waals surface area (Å²) in [6.07, 6.45) is 5.15. The third kappa shape index (κ3) is 4.62. The number of aryl methyl sites for hydroxylation is 1. The summed E-state index contributed by atoms with van der Waals surface area (Å²) >= 11 is 0. The second-order valence-corrected chi connectivity index (χ2v) is 9.16. The first-order chi connectivity index (χ1) is 13.4. The molecule has 2 aromatic rings. The Morgan fingerprint density at radius 2 is 1.79 bits per heavy atom. The van der Waals surface area contributed by atoms with Gasteiger partial charge in [0.2, 0.25) is 0 Å².